The molecule has 0 unspecified atom stereocenters. The van der Waals surface area contributed by atoms with Gasteiger partial charge in [-0.05, 0) is 54.5 Å². The van der Waals surface area contributed by atoms with Crippen LogP contribution in [0.1, 0.15) is 24.2 Å². The van der Waals surface area contributed by atoms with E-state index < -0.39 is 0 Å². The van der Waals surface area contributed by atoms with Gasteiger partial charge in [-0.25, -0.2) is 0 Å². The first-order valence-electron chi connectivity index (χ1n) is 8.82. The third-order valence-corrected chi connectivity index (χ3v) is 4.76. The van der Waals surface area contributed by atoms with Crippen LogP contribution in [0, 0.1) is 0 Å². The summed E-state index contributed by atoms with van der Waals surface area (Å²) in [6, 6.07) is 18.4. The van der Waals surface area contributed by atoms with Crippen LogP contribution < -0.4 is 0 Å². The minimum absolute atomic E-state index is 0.800. The fourth-order valence-corrected chi connectivity index (χ4v) is 3.34. The lowest BCUT2D eigenvalue weighted by Gasteiger charge is -2.01. The van der Waals surface area contributed by atoms with Crippen LogP contribution in [0.15, 0.2) is 71.5 Å². The maximum atomic E-state index is 6.02. The maximum absolute atomic E-state index is 6.02. The predicted octanol–water partition coefficient (Wildman–Crippen LogP) is 6.11. The van der Waals surface area contributed by atoms with Crippen molar-refractivity contribution < 1.29 is 4.52 Å². The Kier molecular flexibility index (Phi) is 4.98. The zero-order valence-electron chi connectivity index (χ0n) is 14.4. The van der Waals surface area contributed by atoms with Crippen molar-refractivity contribution in [2.45, 2.75) is 25.7 Å². The second-order valence-corrected chi connectivity index (χ2v) is 6.89. The van der Waals surface area contributed by atoms with Crippen LogP contribution in [0.4, 0.5) is 0 Å². The first-order valence-corrected chi connectivity index (χ1v) is 9.20. The van der Waals surface area contributed by atoms with E-state index in [1.165, 1.54) is 5.56 Å². The Morgan fingerprint density at radius 1 is 0.885 bits per heavy atom. The zero-order chi connectivity index (χ0) is 17.8. The highest BCUT2D eigenvalue weighted by molar-refractivity contribution is 6.30. The molecule has 0 amide bonds. The highest BCUT2D eigenvalue weighted by atomic mass is 35.5. The van der Waals surface area contributed by atoms with E-state index in [9.17, 15) is 0 Å². The summed E-state index contributed by atoms with van der Waals surface area (Å²) in [4.78, 5) is 4.15. The Morgan fingerprint density at radius 2 is 1.81 bits per heavy atom. The van der Waals surface area contributed by atoms with Gasteiger partial charge in [0.1, 0.15) is 11.5 Å². The van der Waals surface area contributed by atoms with Crippen molar-refractivity contribution in [3.8, 4) is 11.3 Å². The monoisotopic (exact) mass is 362 g/mol. The van der Waals surface area contributed by atoms with Gasteiger partial charge in [0.25, 0.3) is 0 Å². The van der Waals surface area contributed by atoms with Gasteiger partial charge in [-0.15, -0.1) is 0 Å². The van der Waals surface area contributed by atoms with Crippen LogP contribution in [-0.4, -0.2) is 10.1 Å². The number of pyridine rings is 1. The van der Waals surface area contributed by atoms with Crippen LogP contribution in [0.3, 0.4) is 0 Å². The van der Waals surface area contributed by atoms with Crippen molar-refractivity contribution in [3.05, 3.63) is 83.3 Å². The Labute approximate surface area is 157 Å². The molecule has 130 valence electrons. The Morgan fingerprint density at radius 3 is 2.73 bits per heavy atom. The second kappa shape index (κ2) is 7.71. The van der Waals surface area contributed by atoms with Crippen LogP contribution in [0.5, 0.6) is 0 Å². The van der Waals surface area contributed by atoms with Gasteiger partial charge in [0, 0.05) is 40.9 Å². The van der Waals surface area contributed by atoms with Gasteiger partial charge in [-0.2, -0.15) is 0 Å². The first kappa shape index (κ1) is 16.8. The summed E-state index contributed by atoms with van der Waals surface area (Å²) in [6.45, 7) is 0. The van der Waals surface area contributed by atoms with E-state index in [1.807, 2.05) is 36.5 Å². The molecule has 0 bridgehead atoms. The molecule has 4 rings (SSSR count). The molecule has 0 N–H and O–H groups in total. The van der Waals surface area contributed by atoms with Crippen molar-refractivity contribution in [2.75, 3.05) is 0 Å². The van der Waals surface area contributed by atoms with Crippen molar-refractivity contribution in [3.63, 3.8) is 0 Å². The summed E-state index contributed by atoms with van der Waals surface area (Å²) >= 11 is 6.02. The third kappa shape index (κ3) is 3.94. The molecule has 0 atom stereocenters. The van der Waals surface area contributed by atoms with Gasteiger partial charge in [0.05, 0.1) is 0 Å². The Bertz CT molecular complexity index is 1030. The van der Waals surface area contributed by atoms with Gasteiger partial charge in [0.15, 0.2) is 0 Å². The highest BCUT2D eigenvalue weighted by Crippen LogP contribution is 2.24. The van der Waals surface area contributed by atoms with Crippen molar-refractivity contribution in [1.82, 2.24) is 10.1 Å². The summed E-state index contributed by atoms with van der Waals surface area (Å²) in [5, 5.41) is 7.32. The molecule has 0 aliphatic rings. The molecule has 0 fully saturated rings. The number of halogens is 1. The Hall–Kier alpha value is -2.65. The molecule has 26 heavy (non-hydrogen) atoms. The van der Waals surface area contributed by atoms with Crippen LogP contribution >= 0.6 is 11.6 Å². The summed E-state index contributed by atoms with van der Waals surface area (Å²) in [5.74, 6) is 0.931. The lowest BCUT2D eigenvalue weighted by atomic mass is 10.0. The highest BCUT2D eigenvalue weighted by Gasteiger charge is 2.07. The van der Waals surface area contributed by atoms with Gasteiger partial charge in [0.2, 0.25) is 0 Å². The molecule has 0 saturated heterocycles. The van der Waals surface area contributed by atoms with Gasteiger partial charge in [-0.3, -0.25) is 4.98 Å². The number of hydrogen-bond acceptors (Lipinski definition) is 3. The van der Waals surface area contributed by atoms with E-state index in [-0.39, 0.29) is 0 Å². The smallest absolute Gasteiger partial charge is 0.137 e. The molecule has 4 heteroatoms. The number of aryl methyl sites for hydroxylation is 2. The average molecular weight is 363 g/mol. The topological polar surface area (TPSA) is 38.9 Å². The standard InChI is InChI=1S/C22H19ClN2O/c23-20-6-3-5-16(12-20)4-1-2-7-21-14-22(25-26-21)18-8-9-19-15-24-11-10-17(19)13-18/h3,5-6,8-15H,1-2,4,7H2. The second-order valence-electron chi connectivity index (χ2n) is 6.45. The molecule has 0 spiro atoms. The zero-order valence-corrected chi connectivity index (χ0v) is 15.1. The number of fused-ring (bicyclic) bond motifs is 1. The maximum Gasteiger partial charge on any atom is 0.137 e. The first-order chi connectivity index (χ1) is 12.8. The number of hydrogen-bond donors (Lipinski definition) is 0. The van der Waals surface area contributed by atoms with Crippen LogP contribution in [0.25, 0.3) is 22.0 Å². The summed E-state index contributed by atoms with van der Waals surface area (Å²) < 4.78 is 5.52. The molecule has 0 saturated carbocycles. The van der Waals surface area contributed by atoms with Gasteiger partial charge >= 0.3 is 0 Å². The Balaban J connectivity index is 1.36. The minimum atomic E-state index is 0.800. The van der Waals surface area contributed by atoms with E-state index in [1.54, 1.807) is 6.20 Å². The van der Waals surface area contributed by atoms with E-state index in [0.717, 1.165) is 58.5 Å². The molecule has 2 aromatic heterocycles. The molecule has 0 aliphatic carbocycles. The molecular weight excluding hydrogens is 344 g/mol. The number of benzene rings is 2. The number of rotatable bonds is 6. The van der Waals surface area contributed by atoms with E-state index >= 15 is 0 Å². The van der Waals surface area contributed by atoms with Crippen molar-refractivity contribution >= 4 is 22.4 Å². The van der Waals surface area contributed by atoms with Crippen molar-refractivity contribution in [1.29, 1.82) is 0 Å². The molecule has 4 aromatic rings. The van der Waals surface area contributed by atoms with Gasteiger partial charge < -0.3 is 4.52 Å². The number of nitrogens with zero attached hydrogens (tertiary/aromatic N) is 2. The molecule has 2 heterocycles. The molecule has 0 radical (unpaired) electrons. The van der Waals surface area contributed by atoms with E-state index in [4.69, 9.17) is 16.1 Å². The lowest BCUT2D eigenvalue weighted by molar-refractivity contribution is 0.381. The van der Waals surface area contributed by atoms with E-state index in [0.29, 0.717) is 0 Å². The summed E-state index contributed by atoms with van der Waals surface area (Å²) in [7, 11) is 0. The summed E-state index contributed by atoms with van der Waals surface area (Å²) in [5.41, 5.74) is 3.23. The van der Waals surface area contributed by atoms with Crippen molar-refractivity contribution in [2.24, 2.45) is 0 Å². The SMILES string of the molecule is Clc1cccc(CCCCc2cc(-c3ccc4cnccc4c3)no2)c1. The minimum Gasteiger partial charge on any atom is -0.361 e. The molecular formula is C22H19ClN2O. The fraction of sp³-hybridized carbons (Fsp3) is 0.182. The molecule has 3 nitrogen and oxygen atoms in total. The van der Waals surface area contributed by atoms with Crippen LogP contribution in [-0.2, 0) is 12.8 Å². The number of unbranched alkanes of at least 4 members (excludes halogenated alkanes) is 1. The quantitative estimate of drug-likeness (QED) is 0.388. The van der Waals surface area contributed by atoms with Crippen LogP contribution in [0.2, 0.25) is 5.02 Å². The average Bonchev–Trinajstić information content (AvgIpc) is 3.14. The molecule has 0 aliphatic heterocycles. The lowest BCUT2D eigenvalue weighted by Crippen LogP contribution is -1.88. The van der Waals surface area contributed by atoms with Gasteiger partial charge in [-0.1, -0.05) is 41.0 Å². The normalized spacial score (nSPS) is 11.1. The van der Waals surface area contributed by atoms with E-state index in [2.05, 4.69) is 34.4 Å². The largest absolute Gasteiger partial charge is 0.361 e. The number of aromatic nitrogens is 2. The third-order valence-electron chi connectivity index (χ3n) is 4.52. The fourth-order valence-electron chi connectivity index (χ4n) is 3.13. The molecule has 2 aromatic carbocycles. The predicted molar refractivity (Wildman–Crippen MR) is 105 cm³/mol. The summed E-state index contributed by atoms with van der Waals surface area (Å²) in [6.07, 6.45) is 7.75.